The van der Waals surface area contributed by atoms with E-state index < -0.39 is 0 Å². The van der Waals surface area contributed by atoms with Crippen molar-refractivity contribution in [1.82, 2.24) is 9.88 Å². The average Bonchev–Trinajstić information content (AvgIpc) is 3.17. The molecule has 0 spiro atoms. The first-order chi connectivity index (χ1) is 17.8. The van der Waals surface area contributed by atoms with Crippen molar-refractivity contribution in [2.75, 3.05) is 6.54 Å². The van der Waals surface area contributed by atoms with Crippen LogP contribution in [0.2, 0.25) is 0 Å². The van der Waals surface area contributed by atoms with Crippen molar-refractivity contribution in [2.24, 2.45) is 5.92 Å². The topological polar surface area (TPSA) is 25.4 Å². The van der Waals surface area contributed by atoms with Crippen molar-refractivity contribution in [2.45, 2.75) is 50.1 Å². The van der Waals surface area contributed by atoms with Gasteiger partial charge in [-0.15, -0.1) is 0 Å². The largest absolute Gasteiger partial charge is 0.457 e. The molecule has 3 aliphatic rings. The highest BCUT2D eigenvalue weighted by Crippen LogP contribution is 2.53. The van der Waals surface area contributed by atoms with Gasteiger partial charge in [-0.25, -0.2) is 0 Å². The van der Waals surface area contributed by atoms with Crippen molar-refractivity contribution in [3.8, 4) is 22.6 Å². The fourth-order valence-electron chi connectivity index (χ4n) is 7.07. The van der Waals surface area contributed by atoms with E-state index in [9.17, 15) is 0 Å². The zero-order valence-electron chi connectivity index (χ0n) is 20.6. The van der Waals surface area contributed by atoms with Crippen LogP contribution in [0, 0.1) is 5.92 Å². The van der Waals surface area contributed by atoms with Gasteiger partial charge in [0.05, 0.1) is 0 Å². The Bertz CT molecular complexity index is 1340. The Balaban J connectivity index is 1.18. The number of fused-ring (bicyclic) bond motifs is 4. The van der Waals surface area contributed by atoms with E-state index in [4.69, 9.17) is 4.74 Å². The third-order valence-electron chi connectivity index (χ3n) is 8.71. The van der Waals surface area contributed by atoms with E-state index in [0.29, 0.717) is 23.9 Å². The normalized spacial score (nSPS) is 24.6. The van der Waals surface area contributed by atoms with Gasteiger partial charge in [0.15, 0.2) is 0 Å². The van der Waals surface area contributed by atoms with Crippen LogP contribution >= 0.6 is 0 Å². The van der Waals surface area contributed by atoms with Gasteiger partial charge >= 0.3 is 0 Å². The van der Waals surface area contributed by atoms with E-state index in [1.807, 2.05) is 18.5 Å². The highest BCUT2D eigenvalue weighted by molar-refractivity contribution is 5.67. The Morgan fingerprint density at radius 3 is 2.33 bits per heavy atom. The monoisotopic (exact) mass is 472 g/mol. The third-order valence-corrected chi connectivity index (χ3v) is 8.71. The number of aromatic nitrogens is 1. The molecule has 3 unspecified atom stereocenters. The van der Waals surface area contributed by atoms with Crippen LogP contribution in [0.4, 0.5) is 0 Å². The molecule has 3 heteroatoms. The fourth-order valence-corrected chi connectivity index (χ4v) is 7.07. The highest BCUT2D eigenvalue weighted by atomic mass is 16.5. The third kappa shape index (κ3) is 3.92. The van der Waals surface area contributed by atoms with Crippen molar-refractivity contribution >= 4 is 0 Å². The molecule has 4 heterocycles. The molecular formula is C33H32N2O. The average molecular weight is 473 g/mol. The van der Waals surface area contributed by atoms with E-state index in [1.54, 1.807) is 0 Å². The van der Waals surface area contributed by atoms with E-state index in [2.05, 4.69) is 88.7 Å². The summed E-state index contributed by atoms with van der Waals surface area (Å²) in [6.07, 6.45) is 10.1. The zero-order valence-corrected chi connectivity index (χ0v) is 20.6. The van der Waals surface area contributed by atoms with Gasteiger partial charge in [0, 0.05) is 53.6 Å². The minimum atomic E-state index is 0.396. The first kappa shape index (κ1) is 21.8. The van der Waals surface area contributed by atoms with E-state index in [0.717, 1.165) is 29.0 Å². The van der Waals surface area contributed by atoms with Crippen LogP contribution in [0.3, 0.4) is 0 Å². The Labute approximate surface area is 213 Å². The molecular weight excluding hydrogens is 440 g/mol. The number of nitrogens with zero attached hydrogens (tertiary/aromatic N) is 2. The Hall–Kier alpha value is -3.43. The summed E-state index contributed by atoms with van der Waals surface area (Å²) < 4.78 is 6.51. The molecule has 3 atom stereocenters. The number of piperidine rings is 1. The van der Waals surface area contributed by atoms with Gasteiger partial charge in [-0.05, 0) is 67.3 Å². The lowest BCUT2D eigenvalue weighted by atomic mass is 9.72. The van der Waals surface area contributed by atoms with Gasteiger partial charge in [0.1, 0.15) is 11.5 Å². The predicted molar refractivity (Wildman–Crippen MR) is 144 cm³/mol. The minimum Gasteiger partial charge on any atom is -0.457 e. The first-order valence-corrected chi connectivity index (χ1v) is 13.4. The summed E-state index contributed by atoms with van der Waals surface area (Å²) in [4.78, 5) is 7.15. The molecule has 2 saturated heterocycles. The second kappa shape index (κ2) is 9.22. The lowest BCUT2D eigenvalue weighted by Gasteiger charge is -2.43. The molecule has 0 saturated carbocycles. The van der Waals surface area contributed by atoms with Gasteiger partial charge in [-0.2, -0.15) is 0 Å². The van der Waals surface area contributed by atoms with Crippen LogP contribution < -0.4 is 4.74 Å². The molecule has 0 amide bonds. The molecule has 0 radical (unpaired) electrons. The van der Waals surface area contributed by atoms with Crippen molar-refractivity contribution in [1.29, 1.82) is 0 Å². The number of benzene rings is 3. The van der Waals surface area contributed by atoms with Crippen LogP contribution in [-0.2, 0) is 6.42 Å². The van der Waals surface area contributed by atoms with Gasteiger partial charge < -0.3 is 4.74 Å². The molecule has 0 N–H and O–H groups in total. The van der Waals surface area contributed by atoms with Crippen molar-refractivity contribution in [3.63, 3.8) is 0 Å². The second-order valence-corrected chi connectivity index (χ2v) is 10.7. The summed E-state index contributed by atoms with van der Waals surface area (Å²) >= 11 is 0. The molecule has 3 aromatic carbocycles. The molecule has 3 aliphatic heterocycles. The summed E-state index contributed by atoms with van der Waals surface area (Å²) in [5, 5.41) is 0. The van der Waals surface area contributed by atoms with E-state index >= 15 is 0 Å². The molecule has 3 nitrogen and oxygen atoms in total. The SMILES string of the molecule is c1ccc(CCN2C3CCC2CC(C2c4ccccc4Oc4cc(-c5cccnc5)ccc42)C3)cc1. The summed E-state index contributed by atoms with van der Waals surface area (Å²) in [6.45, 7) is 1.18. The van der Waals surface area contributed by atoms with Gasteiger partial charge in [0.2, 0.25) is 0 Å². The Morgan fingerprint density at radius 1 is 0.750 bits per heavy atom. The molecule has 7 rings (SSSR count). The van der Waals surface area contributed by atoms with Crippen LogP contribution in [0.5, 0.6) is 11.5 Å². The van der Waals surface area contributed by atoms with E-state index in [-0.39, 0.29) is 0 Å². The van der Waals surface area contributed by atoms with Crippen molar-refractivity contribution < 1.29 is 4.74 Å². The number of hydrogen-bond acceptors (Lipinski definition) is 3. The Kier molecular flexibility index (Phi) is 5.59. The molecule has 36 heavy (non-hydrogen) atoms. The van der Waals surface area contributed by atoms with Gasteiger partial charge in [-0.3, -0.25) is 9.88 Å². The first-order valence-electron chi connectivity index (χ1n) is 13.4. The van der Waals surface area contributed by atoms with Crippen LogP contribution in [0.25, 0.3) is 11.1 Å². The number of ether oxygens (including phenoxy) is 1. The Morgan fingerprint density at radius 2 is 1.53 bits per heavy atom. The summed E-state index contributed by atoms with van der Waals surface area (Å²) in [6, 6.07) is 32.0. The highest BCUT2D eigenvalue weighted by Gasteiger charge is 2.45. The maximum Gasteiger partial charge on any atom is 0.131 e. The van der Waals surface area contributed by atoms with Gasteiger partial charge in [-0.1, -0.05) is 66.7 Å². The number of para-hydroxylation sites is 1. The minimum absolute atomic E-state index is 0.396. The lowest BCUT2D eigenvalue weighted by Crippen LogP contribution is -2.45. The molecule has 2 fully saturated rings. The summed E-state index contributed by atoms with van der Waals surface area (Å²) in [5.74, 6) is 3.08. The lowest BCUT2D eigenvalue weighted by molar-refractivity contribution is 0.0972. The predicted octanol–water partition coefficient (Wildman–Crippen LogP) is 7.47. The molecule has 2 bridgehead atoms. The summed E-state index contributed by atoms with van der Waals surface area (Å²) in [5.41, 5.74) is 6.46. The van der Waals surface area contributed by atoms with Crippen LogP contribution in [0.1, 0.15) is 48.3 Å². The number of rotatable bonds is 5. The maximum atomic E-state index is 6.51. The molecule has 0 aliphatic carbocycles. The van der Waals surface area contributed by atoms with E-state index in [1.165, 1.54) is 48.9 Å². The maximum absolute atomic E-state index is 6.51. The van der Waals surface area contributed by atoms with Gasteiger partial charge in [0.25, 0.3) is 0 Å². The quantitative estimate of drug-likeness (QED) is 0.301. The molecule has 4 aromatic rings. The standard InChI is InChI=1S/C33H32N2O/c1-2-7-23(8-3-1)16-18-35-27-13-14-28(35)20-26(19-27)33-29-10-4-5-11-31(29)36-32-21-24(12-15-30(32)33)25-9-6-17-34-22-25/h1-12,15,17,21-22,26-28,33H,13-14,16,18-20H2. The zero-order chi connectivity index (χ0) is 23.9. The summed E-state index contributed by atoms with van der Waals surface area (Å²) in [7, 11) is 0. The van der Waals surface area contributed by atoms with Crippen LogP contribution in [-0.4, -0.2) is 28.5 Å². The second-order valence-electron chi connectivity index (χ2n) is 10.7. The van der Waals surface area contributed by atoms with Crippen LogP contribution in [0.15, 0.2) is 97.3 Å². The van der Waals surface area contributed by atoms with Crippen molar-refractivity contribution in [3.05, 3.63) is 114 Å². The molecule has 1 aromatic heterocycles. The smallest absolute Gasteiger partial charge is 0.131 e. The molecule has 180 valence electrons. The fraction of sp³-hybridized carbons (Fsp3) is 0.303. The number of pyridine rings is 1. The number of hydrogen-bond donors (Lipinski definition) is 0.